The molecule has 0 fully saturated rings. The zero-order valence-electron chi connectivity index (χ0n) is 20.3. The van der Waals surface area contributed by atoms with Gasteiger partial charge in [0, 0.05) is 12.6 Å². The van der Waals surface area contributed by atoms with Gasteiger partial charge >= 0.3 is 0 Å². The summed E-state index contributed by atoms with van der Waals surface area (Å²) in [5.41, 5.74) is 6.09. The number of phenols is 1. The lowest BCUT2D eigenvalue weighted by Crippen LogP contribution is -2.20. The fraction of sp³-hybridized carbons (Fsp3) is 0.393. The van der Waals surface area contributed by atoms with Gasteiger partial charge in [0.1, 0.15) is 0 Å². The SMILES string of the molecule is COc1cc(CNC(=O)/C=C(C)/C=C/C=C(C)/C=C/C2=C(C)CCCC2(C)C)ccc1O. The first-order chi connectivity index (χ1) is 15.1. The highest BCUT2D eigenvalue weighted by Gasteiger charge is 2.26. The minimum Gasteiger partial charge on any atom is -0.504 e. The number of phenolic OH excluding ortho intramolecular Hbond substituents is 1. The average Bonchev–Trinajstić information content (AvgIpc) is 2.72. The smallest absolute Gasteiger partial charge is 0.244 e. The lowest BCUT2D eigenvalue weighted by molar-refractivity contribution is -0.116. The van der Waals surface area contributed by atoms with Gasteiger partial charge in [-0.05, 0) is 74.3 Å². The molecule has 0 aromatic heterocycles. The van der Waals surface area contributed by atoms with E-state index in [0.29, 0.717) is 12.3 Å². The molecule has 4 heteroatoms. The number of amides is 1. The third-order valence-electron chi connectivity index (χ3n) is 5.84. The summed E-state index contributed by atoms with van der Waals surface area (Å²) in [6.45, 7) is 11.2. The summed E-state index contributed by atoms with van der Waals surface area (Å²) >= 11 is 0. The maximum atomic E-state index is 12.2. The van der Waals surface area contributed by atoms with E-state index >= 15 is 0 Å². The molecule has 2 rings (SSSR count). The summed E-state index contributed by atoms with van der Waals surface area (Å²) in [6, 6.07) is 5.02. The first-order valence-electron chi connectivity index (χ1n) is 11.2. The van der Waals surface area contributed by atoms with E-state index in [1.807, 2.05) is 19.1 Å². The van der Waals surface area contributed by atoms with Crippen LogP contribution in [0.25, 0.3) is 0 Å². The Bertz CT molecular complexity index is 974. The van der Waals surface area contributed by atoms with E-state index in [2.05, 4.69) is 51.2 Å². The van der Waals surface area contributed by atoms with Crippen molar-refractivity contribution >= 4 is 5.91 Å². The monoisotopic (exact) mass is 435 g/mol. The summed E-state index contributed by atoms with van der Waals surface area (Å²) in [6.07, 6.45) is 15.7. The lowest BCUT2D eigenvalue weighted by atomic mass is 9.72. The van der Waals surface area contributed by atoms with Crippen molar-refractivity contribution in [2.45, 2.75) is 60.4 Å². The maximum Gasteiger partial charge on any atom is 0.244 e. The number of ether oxygens (including phenoxy) is 1. The van der Waals surface area contributed by atoms with Crippen molar-refractivity contribution in [3.05, 3.63) is 82.5 Å². The Morgan fingerprint density at radius 1 is 1.22 bits per heavy atom. The normalized spacial score (nSPS) is 17.3. The number of hydrogen-bond acceptors (Lipinski definition) is 3. The largest absolute Gasteiger partial charge is 0.504 e. The number of rotatable bonds is 8. The Morgan fingerprint density at radius 3 is 2.66 bits per heavy atom. The molecule has 0 saturated carbocycles. The van der Waals surface area contributed by atoms with Crippen LogP contribution in [0.3, 0.4) is 0 Å². The topological polar surface area (TPSA) is 58.6 Å². The van der Waals surface area contributed by atoms with E-state index in [1.54, 1.807) is 24.3 Å². The second-order valence-electron chi connectivity index (χ2n) is 9.15. The molecular formula is C28H37NO3. The van der Waals surface area contributed by atoms with Crippen molar-refractivity contribution in [1.29, 1.82) is 0 Å². The van der Waals surface area contributed by atoms with E-state index in [9.17, 15) is 9.90 Å². The van der Waals surface area contributed by atoms with Crippen molar-refractivity contribution in [3.8, 4) is 11.5 Å². The van der Waals surface area contributed by atoms with Crippen molar-refractivity contribution in [2.75, 3.05) is 7.11 Å². The van der Waals surface area contributed by atoms with E-state index in [1.165, 1.54) is 43.1 Å². The van der Waals surface area contributed by atoms with Crippen LogP contribution in [0, 0.1) is 5.41 Å². The number of carbonyl (C=O) groups excluding carboxylic acids is 1. The van der Waals surface area contributed by atoms with Crippen LogP contribution < -0.4 is 10.1 Å². The van der Waals surface area contributed by atoms with Crippen molar-refractivity contribution in [2.24, 2.45) is 5.41 Å². The van der Waals surface area contributed by atoms with Crippen LogP contribution in [0.15, 0.2) is 76.9 Å². The molecule has 1 amide bonds. The van der Waals surface area contributed by atoms with Gasteiger partial charge in [0.15, 0.2) is 11.5 Å². The maximum absolute atomic E-state index is 12.2. The van der Waals surface area contributed by atoms with Gasteiger partial charge in [0.2, 0.25) is 5.91 Å². The minimum atomic E-state index is -0.165. The second-order valence-corrected chi connectivity index (χ2v) is 9.15. The first-order valence-corrected chi connectivity index (χ1v) is 11.2. The van der Waals surface area contributed by atoms with Gasteiger partial charge in [-0.25, -0.2) is 0 Å². The first kappa shape index (κ1) is 25.3. The Morgan fingerprint density at radius 2 is 1.97 bits per heavy atom. The van der Waals surface area contributed by atoms with Crippen LogP contribution in [0.4, 0.5) is 0 Å². The van der Waals surface area contributed by atoms with Crippen LogP contribution in [-0.2, 0) is 11.3 Å². The Kier molecular flexibility index (Phi) is 9.13. The molecule has 1 aromatic rings. The molecule has 0 saturated heterocycles. The summed E-state index contributed by atoms with van der Waals surface area (Å²) in [4.78, 5) is 12.2. The Hall–Kier alpha value is -3.01. The summed E-state index contributed by atoms with van der Waals surface area (Å²) in [5.74, 6) is 0.304. The summed E-state index contributed by atoms with van der Waals surface area (Å²) in [7, 11) is 1.50. The van der Waals surface area contributed by atoms with Gasteiger partial charge in [0.25, 0.3) is 0 Å². The van der Waals surface area contributed by atoms with Gasteiger partial charge in [-0.2, -0.15) is 0 Å². The number of allylic oxidation sites excluding steroid dienone is 9. The fourth-order valence-electron chi connectivity index (χ4n) is 3.96. The standard InChI is InChI=1S/C28H37NO3/c1-20(12-14-24-22(3)11-8-16-28(24,4)5)9-7-10-21(2)17-27(31)29-19-23-13-15-25(30)26(18-23)32-6/h7,9-10,12-15,17-18,30H,8,11,16,19H2,1-6H3,(H,29,31)/b10-7+,14-12+,20-9+,21-17+. The van der Waals surface area contributed by atoms with Crippen LogP contribution in [-0.4, -0.2) is 18.1 Å². The molecule has 1 aromatic carbocycles. The van der Waals surface area contributed by atoms with Crippen LogP contribution in [0.5, 0.6) is 11.5 Å². The van der Waals surface area contributed by atoms with Gasteiger partial charge < -0.3 is 15.2 Å². The number of carbonyl (C=O) groups is 1. The van der Waals surface area contributed by atoms with Gasteiger partial charge in [0.05, 0.1) is 7.11 Å². The third kappa shape index (κ3) is 7.60. The molecule has 2 N–H and O–H groups in total. The lowest BCUT2D eigenvalue weighted by Gasteiger charge is -2.32. The molecule has 0 radical (unpaired) electrons. The molecule has 1 aliphatic rings. The summed E-state index contributed by atoms with van der Waals surface area (Å²) < 4.78 is 5.09. The molecule has 0 bridgehead atoms. The highest BCUT2D eigenvalue weighted by Crippen LogP contribution is 2.40. The van der Waals surface area contributed by atoms with Crippen molar-refractivity contribution < 1.29 is 14.6 Å². The van der Waals surface area contributed by atoms with E-state index in [0.717, 1.165) is 11.1 Å². The number of benzene rings is 1. The number of hydrogen-bond donors (Lipinski definition) is 2. The van der Waals surface area contributed by atoms with E-state index in [-0.39, 0.29) is 17.1 Å². The van der Waals surface area contributed by atoms with Gasteiger partial charge in [-0.3, -0.25) is 4.79 Å². The summed E-state index contributed by atoms with van der Waals surface area (Å²) in [5, 5.41) is 12.5. The van der Waals surface area contributed by atoms with Crippen molar-refractivity contribution in [1.82, 2.24) is 5.32 Å². The highest BCUT2D eigenvalue weighted by molar-refractivity contribution is 5.88. The van der Waals surface area contributed by atoms with Crippen LogP contribution >= 0.6 is 0 Å². The number of methoxy groups -OCH3 is 1. The predicted molar refractivity (Wildman–Crippen MR) is 133 cm³/mol. The third-order valence-corrected chi connectivity index (χ3v) is 5.84. The van der Waals surface area contributed by atoms with Crippen molar-refractivity contribution in [3.63, 3.8) is 0 Å². The minimum absolute atomic E-state index is 0.0796. The Labute approximate surface area is 193 Å². The number of aromatic hydroxyl groups is 1. The molecule has 0 aliphatic heterocycles. The van der Waals surface area contributed by atoms with Gasteiger partial charge in [-0.15, -0.1) is 0 Å². The van der Waals surface area contributed by atoms with Crippen LogP contribution in [0.1, 0.15) is 59.4 Å². The molecule has 4 nitrogen and oxygen atoms in total. The molecule has 0 atom stereocenters. The Balaban J connectivity index is 1.91. The van der Waals surface area contributed by atoms with Crippen LogP contribution in [0.2, 0.25) is 0 Å². The predicted octanol–water partition coefficient (Wildman–Crippen LogP) is 6.55. The molecule has 1 aliphatic carbocycles. The molecule has 32 heavy (non-hydrogen) atoms. The quantitative estimate of drug-likeness (QED) is 0.360. The zero-order valence-corrected chi connectivity index (χ0v) is 20.3. The molecule has 0 heterocycles. The van der Waals surface area contributed by atoms with E-state index < -0.39 is 0 Å². The average molecular weight is 436 g/mol. The molecule has 172 valence electrons. The number of nitrogens with one attached hydrogen (secondary N) is 1. The zero-order chi connectivity index (χ0) is 23.7. The molecule has 0 spiro atoms. The van der Waals surface area contributed by atoms with E-state index in [4.69, 9.17) is 4.74 Å². The molecule has 0 unspecified atom stereocenters. The molecular weight excluding hydrogens is 398 g/mol. The highest BCUT2D eigenvalue weighted by atomic mass is 16.5. The van der Waals surface area contributed by atoms with Gasteiger partial charge in [-0.1, -0.05) is 61.4 Å². The fourth-order valence-corrected chi connectivity index (χ4v) is 3.96. The second kappa shape index (κ2) is 11.6.